The summed E-state index contributed by atoms with van der Waals surface area (Å²) in [5.74, 6) is -0.805. The first-order valence-electron chi connectivity index (χ1n) is 11.9. The van der Waals surface area contributed by atoms with E-state index in [4.69, 9.17) is 5.10 Å². The van der Waals surface area contributed by atoms with Crippen molar-refractivity contribution in [3.63, 3.8) is 0 Å². The van der Waals surface area contributed by atoms with Gasteiger partial charge in [0.25, 0.3) is 11.8 Å². The van der Waals surface area contributed by atoms with Gasteiger partial charge in [0.05, 0.1) is 27.9 Å². The number of hydrogen-bond acceptors (Lipinski definition) is 5. The van der Waals surface area contributed by atoms with Gasteiger partial charge in [0.2, 0.25) is 0 Å². The monoisotopic (exact) mass is 495 g/mol. The lowest BCUT2D eigenvalue weighted by Crippen LogP contribution is -2.22. The quantitative estimate of drug-likeness (QED) is 0.336. The highest BCUT2D eigenvalue weighted by Crippen LogP contribution is 2.38. The molecule has 1 aliphatic rings. The van der Waals surface area contributed by atoms with Crippen molar-refractivity contribution < 1.29 is 9.59 Å². The van der Waals surface area contributed by atoms with Gasteiger partial charge in [-0.25, -0.2) is 0 Å². The molecule has 8 heteroatoms. The second kappa shape index (κ2) is 8.89. The van der Waals surface area contributed by atoms with E-state index < -0.39 is 11.8 Å². The van der Waals surface area contributed by atoms with Crippen LogP contribution in [0.4, 0.5) is 0 Å². The molecule has 4 heterocycles. The zero-order valence-corrected chi connectivity index (χ0v) is 20.9. The average Bonchev–Trinajstić information content (AvgIpc) is 3.64. The van der Waals surface area contributed by atoms with E-state index in [0.717, 1.165) is 46.0 Å². The number of nitrogens with one attached hydrogen (secondary N) is 1. The van der Waals surface area contributed by atoms with Crippen molar-refractivity contribution in [2.24, 2.45) is 0 Å². The van der Waals surface area contributed by atoms with Crippen LogP contribution in [0.1, 0.15) is 17.7 Å². The highest BCUT2D eigenvalue weighted by Gasteiger charge is 2.36. The second-order valence-corrected chi connectivity index (χ2v) is 9.97. The largest absolute Gasteiger partial charge is 0.315 e. The molecule has 2 aromatic carbocycles. The Morgan fingerprint density at radius 2 is 1.64 bits per heavy atom. The van der Waals surface area contributed by atoms with Crippen LogP contribution >= 0.6 is 11.3 Å². The van der Waals surface area contributed by atoms with Crippen LogP contribution in [0.5, 0.6) is 0 Å². The van der Waals surface area contributed by atoms with E-state index in [9.17, 15) is 9.59 Å². The van der Waals surface area contributed by atoms with Gasteiger partial charge in [-0.2, -0.15) is 16.4 Å². The second-order valence-electron chi connectivity index (χ2n) is 9.19. The maximum atomic E-state index is 13.3. The standard InChI is InChI=1S/C28H25N5O2S/c1-31(2)13-7-14-33-23-11-6-4-9-20(23)26(30-33)25-24(27(34)29-28(25)35)21-16-32(18-12-15-36-17-18)22-10-5-3-8-19(21)22/h3-6,8-12,15-17H,7,13-14H2,1-2H3,(H,29,34,35). The summed E-state index contributed by atoms with van der Waals surface area (Å²) in [5, 5.41) is 13.3. The molecule has 0 bridgehead atoms. The number of rotatable bonds is 7. The van der Waals surface area contributed by atoms with Crippen LogP contribution in [0.25, 0.3) is 38.6 Å². The molecule has 0 spiro atoms. The lowest BCUT2D eigenvalue weighted by molar-refractivity contribution is -0.122. The Labute approximate surface area is 212 Å². The maximum absolute atomic E-state index is 13.3. The van der Waals surface area contributed by atoms with Crippen molar-refractivity contribution in [2.45, 2.75) is 13.0 Å². The van der Waals surface area contributed by atoms with E-state index in [0.29, 0.717) is 23.4 Å². The lowest BCUT2D eigenvalue weighted by atomic mass is 9.97. The Kier molecular flexibility index (Phi) is 5.55. The molecule has 0 unspecified atom stereocenters. The molecule has 0 fully saturated rings. The van der Waals surface area contributed by atoms with Crippen LogP contribution in [-0.2, 0) is 16.1 Å². The third-order valence-electron chi connectivity index (χ3n) is 6.57. The molecule has 1 N–H and O–H groups in total. The van der Waals surface area contributed by atoms with Crippen LogP contribution < -0.4 is 5.32 Å². The summed E-state index contributed by atoms with van der Waals surface area (Å²) >= 11 is 1.61. The van der Waals surface area contributed by atoms with E-state index in [-0.39, 0.29) is 0 Å². The first-order valence-corrected chi connectivity index (χ1v) is 12.8. The molecule has 3 aromatic heterocycles. The number of amides is 2. The van der Waals surface area contributed by atoms with E-state index >= 15 is 0 Å². The topological polar surface area (TPSA) is 72.2 Å². The summed E-state index contributed by atoms with van der Waals surface area (Å²) in [6.45, 7) is 1.65. The molecular formula is C28H25N5O2S. The highest BCUT2D eigenvalue weighted by atomic mass is 32.1. The number of carbonyl (C=O) groups is 2. The normalized spacial score (nSPS) is 14.1. The molecule has 36 heavy (non-hydrogen) atoms. The van der Waals surface area contributed by atoms with E-state index in [1.807, 2.05) is 85.0 Å². The molecule has 0 aliphatic carbocycles. The smallest absolute Gasteiger partial charge is 0.261 e. The summed E-state index contributed by atoms with van der Waals surface area (Å²) in [7, 11) is 4.09. The first-order chi connectivity index (χ1) is 17.5. The Hall–Kier alpha value is -4.01. The number of fused-ring (bicyclic) bond motifs is 2. The number of para-hydroxylation sites is 2. The third kappa shape index (κ3) is 3.66. The Bertz CT molecular complexity index is 1660. The number of hydrogen-bond donors (Lipinski definition) is 1. The molecule has 1 aliphatic heterocycles. The van der Waals surface area contributed by atoms with Crippen molar-refractivity contribution in [1.29, 1.82) is 0 Å². The van der Waals surface area contributed by atoms with Crippen LogP contribution in [-0.4, -0.2) is 51.7 Å². The molecule has 6 rings (SSSR count). The van der Waals surface area contributed by atoms with Gasteiger partial charge in [0.15, 0.2) is 0 Å². The summed E-state index contributed by atoms with van der Waals surface area (Å²) in [4.78, 5) is 28.6. The number of aromatic nitrogens is 3. The number of carbonyl (C=O) groups excluding carboxylic acids is 2. The molecule has 0 saturated carbocycles. The van der Waals surface area contributed by atoms with Gasteiger partial charge in [-0.15, -0.1) is 0 Å². The van der Waals surface area contributed by atoms with Crippen molar-refractivity contribution in [2.75, 3.05) is 20.6 Å². The molecule has 5 aromatic rings. The van der Waals surface area contributed by atoms with Crippen LogP contribution in [0, 0.1) is 0 Å². The van der Waals surface area contributed by atoms with Crippen molar-refractivity contribution >= 4 is 56.1 Å². The summed E-state index contributed by atoms with van der Waals surface area (Å²) in [5.41, 5.74) is 4.91. The summed E-state index contributed by atoms with van der Waals surface area (Å²) < 4.78 is 4.02. The van der Waals surface area contributed by atoms with Gasteiger partial charge in [-0.05, 0) is 50.6 Å². The zero-order chi connectivity index (χ0) is 24.8. The fourth-order valence-corrected chi connectivity index (χ4v) is 5.57. The molecule has 180 valence electrons. The molecule has 2 amide bonds. The zero-order valence-electron chi connectivity index (χ0n) is 20.1. The van der Waals surface area contributed by atoms with Crippen LogP contribution in [0.3, 0.4) is 0 Å². The van der Waals surface area contributed by atoms with E-state index in [2.05, 4.69) is 20.2 Å². The van der Waals surface area contributed by atoms with E-state index in [1.165, 1.54) is 0 Å². The average molecular weight is 496 g/mol. The predicted octanol–water partition coefficient (Wildman–Crippen LogP) is 4.56. The number of imide groups is 1. The number of aryl methyl sites for hydroxylation is 1. The van der Waals surface area contributed by atoms with Gasteiger partial charge in [0, 0.05) is 34.5 Å². The predicted molar refractivity (Wildman–Crippen MR) is 144 cm³/mol. The molecule has 0 saturated heterocycles. The first kappa shape index (κ1) is 22.5. The Morgan fingerprint density at radius 3 is 2.39 bits per heavy atom. The van der Waals surface area contributed by atoms with Crippen molar-refractivity contribution in [3.8, 4) is 5.69 Å². The number of nitrogens with zero attached hydrogens (tertiary/aromatic N) is 4. The fourth-order valence-electron chi connectivity index (χ4n) is 4.94. The molecule has 0 radical (unpaired) electrons. The summed E-state index contributed by atoms with van der Waals surface area (Å²) in [6.07, 6.45) is 2.87. The minimum absolute atomic E-state index is 0.329. The number of thiophene rings is 1. The molecule has 0 atom stereocenters. The van der Waals surface area contributed by atoms with E-state index in [1.54, 1.807) is 11.3 Å². The Balaban J connectivity index is 1.57. The van der Waals surface area contributed by atoms with Gasteiger partial charge in [0.1, 0.15) is 5.69 Å². The summed E-state index contributed by atoms with van der Waals surface area (Å²) in [6, 6.07) is 17.9. The molecular weight excluding hydrogens is 470 g/mol. The van der Waals surface area contributed by atoms with Crippen LogP contribution in [0.15, 0.2) is 71.6 Å². The Morgan fingerprint density at radius 1 is 0.917 bits per heavy atom. The van der Waals surface area contributed by atoms with Gasteiger partial charge in [-0.1, -0.05) is 36.4 Å². The molecule has 7 nitrogen and oxygen atoms in total. The van der Waals surface area contributed by atoms with Gasteiger partial charge in [-0.3, -0.25) is 19.6 Å². The lowest BCUT2D eigenvalue weighted by Gasteiger charge is -2.09. The van der Waals surface area contributed by atoms with Crippen LogP contribution in [0.2, 0.25) is 0 Å². The van der Waals surface area contributed by atoms with Gasteiger partial charge >= 0.3 is 0 Å². The SMILES string of the molecule is CN(C)CCCn1nc(C2=C(c3cn(-c4ccsc4)c4ccccc34)C(=O)NC2=O)c2ccccc21. The van der Waals surface area contributed by atoms with Crippen molar-refractivity contribution in [1.82, 2.24) is 24.6 Å². The fraction of sp³-hybridized carbons (Fsp3) is 0.179. The van der Waals surface area contributed by atoms with Gasteiger partial charge < -0.3 is 9.47 Å². The maximum Gasteiger partial charge on any atom is 0.261 e. The highest BCUT2D eigenvalue weighted by molar-refractivity contribution is 7.08. The third-order valence-corrected chi connectivity index (χ3v) is 7.24. The minimum atomic E-state index is -0.411. The van der Waals surface area contributed by atoms with Crippen molar-refractivity contribution in [3.05, 3.63) is 82.8 Å². The minimum Gasteiger partial charge on any atom is -0.315 e. The number of benzene rings is 2.